The number of carbonyl (C=O) groups excluding carboxylic acids is 1. The first kappa shape index (κ1) is 14.7. The fourth-order valence-corrected chi connectivity index (χ4v) is 2.44. The van der Waals surface area contributed by atoms with Crippen molar-refractivity contribution in [2.45, 2.75) is 33.1 Å². The van der Waals surface area contributed by atoms with Crippen molar-refractivity contribution in [3.63, 3.8) is 0 Å². The molecule has 0 aliphatic carbocycles. The maximum absolute atomic E-state index is 14.1. The van der Waals surface area contributed by atoms with Crippen LogP contribution in [-0.4, -0.2) is 15.8 Å². The number of halogens is 2. The zero-order valence-electron chi connectivity index (χ0n) is 11.5. The van der Waals surface area contributed by atoms with Gasteiger partial charge in [-0.05, 0) is 25.5 Å². The van der Waals surface area contributed by atoms with E-state index < -0.39 is 5.82 Å². The summed E-state index contributed by atoms with van der Waals surface area (Å²) in [5.74, 6) is 0.203. The molecular formula is C15H16ClFN2O. The van der Waals surface area contributed by atoms with Crippen LogP contribution >= 0.6 is 11.6 Å². The summed E-state index contributed by atoms with van der Waals surface area (Å²) in [4.78, 5) is 15.7. The SMILES string of the molecule is CCCCc1nc(C)c(C=O)n1-c1c(F)cccc1Cl. The Bertz CT molecular complexity index is 617. The van der Waals surface area contributed by atoms with Gasteiger partial charge < -0.3 is 0 Å². The number of benzene rings is 1. The molecule has 0 saturated carbocycles. The van der Waals surface area contributed by atoms with Crippen LogP contribution in [-0.2, 0) is 6.42 Å². The second-order valence-corrected chi connectivity index (χ2v) is 5.03. The average Bonchev–Trinajstić information content (AvgIpc) is 2.72. The molecule has 0 saturated heterocycles. The third-order valence-corrected chi connectivity index (χ3v) is 3.50. The number of aryl methyl sites for hydroxylation is 2. The second kappa shape index (κ2) is 6.18. The number of nitrogens with zero attached hydrogens (tertiary/aromatic N) is 2. The molecule has 0 aliphatic heterocycles. The van der Waals surface area contributed by atoms with Gasteiger partial charge in [0.2, 0.25) is 0 Å². The molecule has 0 atom stereocenters. The van der Waals surface area contributed by atoms with Gasteiger partial charge in [0.05, 0.1) is 10.7 Å². The number of rotatable bonds is 5. The van der Waals surface area contributed by atoms with Crippen molar-refractivity contribution in [3.8, 4) is 5.69 Å². The van der Waals surface area contributed by atoms with Gasteiger partial charge in [0.1, 0.15) is 23.0 Å². The third-order valence-electron chi connectivity index (χ3n) is 3.19. The van der Waals surface area contributed by atoms with Crippen LogP contribution in [0.15, 0.2) is 18.2 Å². The molecule has 5 heteroatoms. The van der Waals surface area contributed by atoms with Gasteiger partial charge in [-0.2, -0.15) is 0 Å². The number of imidazole rings is 1. The highest BCUT2D eigenvalue weighted by atomic mass is 35.5. The van der Waals surface area contributed by atoms with E-state index in [1.54, 1.807) is 13.0 Å². The Labute approximate surface area is 122 Å². The number of hydrogen-bond donors (Lipinski definition) is 0. The van der Waals surface area contributed by atoms with Gasteiger partial charge in [-0.1, -0.05) is 31.0 Å². The minimum Gasteiger partial charge on any atom is -0.296 e. The predicted octanol–water partition coefficient (Wildman–Crippen LogP) is 4.13. The van der Waals surface area contributed by atoms with E-state index in [0.29, 0.717) is 29.9 Å². The van der Waals surface area contributed by atoms with Crippen LogP contribution in [0, 0.1) is 12.7 Å². The lowest BCUT2D eigenvalue weighted by atomic mass is 10.2. The van der Waals surface area contributed by atoms with Gasteiger partial charge in [-0.15, -0.1) is 0 Å². The zero-order valence-corrected chi connectivity index (χ0v) is 12.2. The fourth-order valence-electron chi connectivity index (χ4n) is 2.19. The van der Waals surface area contributed by atoms with Gasteiger partial charge >= 0.3 is 0 Å². The lowest BCUT2D eigenvalue weighted by Gasteiger charge is -2.12. The standard InChI is InChI=1S/C15H16ClFN2O/c1-3-4-8-14-18-10(2)13(9-20)19(14)15-11(16)6-5-7-12(15)17/h5-7,9H,3-4,8H2,1-2H3. The van der Waals surface area contributed by atoms with Gasteiger partial charge in [0.15, 0.2) is 6.29 Å². The summed E-state index contributed by atoms with van der Waals surface area (Å²) in [5, 5.41) is 0.267. The summed E-state index contributed by atoms with van der Waals surface area (Å²) in [6.07, 6.45) is 3.28. The number of unbranched alkanes of at least 4 members (excludes halogenated alkanes) is 1. The molecule has 20 heavy (non-hydrogen) atoms. The van der Waals surface area contributed by atoms with Crippen LogP contribution < -0.4 is 0 Å². The molecule has 3 nitrogen and oxygen atoms in total. The molecule has 0 unspecified atom stereocenters. The highest BCUT2D eigenvalue weighted by Gasteiger charge is 2.19. The Kier molecular flexibility index (Phi) is 4.55. The number of hydrogen-bond acceptors (Lipinski definition) is 2. The molecule has 0 bridgehead atoms. The monoisotopic (exact) mass is 294 g/mol. The Hall–Kier alpha value is -1.68. The average molecular weight is 295 g/mol. The van der Waals surface area contributed by atoms with E-state index in [1.807, 2.05) is 0 Å². The third kappa shape index (κ3) is 2.61. The van der Waals surface area contributed by atoms with Crippen molar-refractivity contribution < 1.29 is 9.18 Å². The minimum atomic E-state index is -0.462. The van der Waals surface area contributed by atoms with Crippen LogP contribution in [0.25, 0.3) is 5.69 Å². The van der Waals surface area contributed by atoms with E-state index in [9.17, 15) is 9.18 Å². The van der Waals surface area contributed by atoms with Gasteiger partial charge in [0, 0.05) is 6.42 Å². The fraction of sp³-hybridized carbons (Fsp3) is 0.333. The number of carbonyl (C=O) groups is 1. The molecule has 0 fully saturated rings. The van der Waals surface area contributed by atoms with E-state index >= 15 is 0 Å². The Morgan fingerprint density at radius 3 is 2.80 bits per heavy atom. The van der Waals surface area contributed by atoms with Crippen molar-refractivity contribution >= 4 is 17.9 Å². The predicted molar refractivity (Wildman–Crippen MR) is 77.3 cm³/mol. The van der Waals surface area contributed by atoms with Crippen LogP contribution in [0.1, 0.15) is 41.8 Å². The summed E-state index contributed by atoms with van der Waals surface area (Å²) < 4.78 is 15.7. The molecule has 0 aliphatic rings. The van der Waals surface area contributed by atoms with E-state index in [-0.39, 0.29) is 10.7 Å². The molecule has 0 radical (unpaired) electrons. The number of para-hydroxylation sites is 1. The minimum absolute atomic E-state index is 0.197. The van der Waals surface area contributed by atoms with E-state index in [0.717, 1.165) is 12.8 Å². The Morgan fingerprint density at radius 1 is 1.45 bits per heavy atom. The summed E-state index contributed by atoms with van der Waals surface area (Å²) in [5.41, 5.74) is 1.14. The van der Waals surface area contributed by atoms with Crippen molar-refractivity contribution in [2.75, 3.05) is 0 Å². The molecule has 106 valence electrons. The van der Waals surface area contributed by atoms with Crippen LogP contribution in [0.5, 0.6) is 0 Å². The van der Waals surface area contributed by atoms with Gasteiger partial charge in [-0.3, -0.25) is 9.36 Å². The van der Waals surface area contributed by atoms with Crippen LogP contribution in [0.4, 0.5) is 4.39 Å². The first-order valence-electron chi connectivity index (χ1n) is 6.58. The lowest BCUT2D eigenvalue weighted by Crippen LogP contribution is -2.08. The van der Waals surface area contributed by atoms with E-state index in [4.69, 9.17) is 11.6 Å². The van der Waals surface area contributed by atoms with Crippen LogP contribution in [0.2, 0.25) is 5.02 Å². The summed E-state index contributed by atoms with van der Waals surface area (Å²) >= 11 is 6.10. The molecule has 1 aromatic heterocycles. The largest absolute Gasteiger partial charge is 0.296 e. The van der Waals surface area contributed by atoms with Gasteiger partial charge in [0.25, 0.3) is 0 Å². The first-order valence-corrected chi connectivity index (χ1v) is 6.95. The first-order chi connectivity index (χ1) is 9.60. The smallest absolute Gasteiger partial charge is 0.168 e. The topological polar surface area (TPSA) is 34.9 Å². The van der Waals surface area contributed by atoms with Crippen molar-refractivity contribution in [2.24, 2.45) is 0 Å². The Balaban J connectivity index is 2.67. The number of aromatic nitrogens is 2. The normalized spacial score (nSPS) is 10.8. The molecule has 0 spiro atoms. The maximum atomic E-state index is 14.1. The molecule has 2 aromatic rings. The maximum Gasteiger partial charge on any atom is 0.168 e. The van der Waals surface area contributed by atoms with E-state index in [1.165, 1.54) is 16.7 Å². The molecule has 1 aromatic carbocycles. The summed E-state index contributed by atoms with van der Waals surface area (Å²) in [6.45, 7) is 3.81. The second-order valence-electron chi connectivity index (χ2n) is 4.63. The lowest BCUT2D eigenvalue weighted by molar-refractivity contribution is 0.111. The summed E-state index contributed by atoms with van der Waals surface area (Å²) in [7, 11) is 0. The van der Waals surface area contributed by atoms with E-state index in [2.05, 4.69) is 11.9 Å². The molecule has 1 heterocycles. The zero-order chi connectivity index (χ0) is 14.7. The quantitative estimate of drug-likeness (QED) is 0.777. The molecule has 0 N–H and O–H groups in total. The molecule has 2 rings (SSSR count). The van der Waals surface area contributed by atoms with Crippen molar-refractivity contribution in [1.82, 2.24) is 9.55 Å². The molecule has 0 amide bonds. The molecular weight excluding hydrogens is 279 g/mol. The summed E-state index contributed by atoms with van der Waals surface area (Å²) in [6, 6.07) is 4.47. The Morgan fingerprint density at radius 2 is 2.20 bits per heavy atom. The van der Waals surface area contributed by atoms with Crippen molar-refractivity contribution in [3.05, 3.63) is 46.3 Å². The van der Waals surface area contributed by atoms with Crippen LogP contribution in [0.3, 0.4) is 0 Å². The number of aldehydes is 1. The van der Waals surface area contributed by atoms with Crippen molar-refractivity contribution in [1.29, 1.82) is 0 Å². The highest BCUT2D eigenvalue weighted by molar-refractivity contribution is 6.32. The van der Waals surface area contributed by atoms with Gasteiger partial charge in [-0.25, -0.2) is 9.37 Å². The highest BCUT2D eigenvalue weighted by Crippen LogP contribution is 2.27.